The minimum absolute atomic E-state index is 0. The van der Waals surface area contributed by atoms with Crippen molar-refractivity contribution < 1.29 is 4.74 Å². The van der Waals surface area contributed by atoms with Crippen LogP contribution in [0.15, 0.2) is 24.3 Å². The fourth-order valence-electron chi connectivity index (χ4n) is 1.50. The lowest BCUT2D eigenvalue weighted by atomic mass is 9.93. The Balaban J connectivity index is 0.00000196. The van der Waals surface area contributed by atoms with Crippen molar-refractivity contribution in [2.24, 2.45) is 11.7 Å². The van der Waals surface area contributed by atoms with Crippen molar-refractivity contribution in [3.8, 4) is 5.75 Å². The lowest BCUT2D eigenvalue weighted by molar-refractivity contribution is 0.388. The monoisotopic (exact) mass is 229 g/mol. The number of halogens is 1. The molecule has 0 fully saturated rings. The minimum atomic E-state index is 0. The van der Waals surface area contributed by atoms with Crippen LogP contribution >= 0.6 is 12.4 Å². The number of ether oxygens (including phenoxy) is 1. The first-order chi connectivity index (χ1) is 6.70. The average Bonchev–Trinajstić information content (AvgIpc) is 2.26. The summed E-state index contributed by atoms with van der Waals surface area (Å²) in [6, 6.07) is 8.02. The molecule has 86 valence electrons. The molecule has 0 radical (unpaired) electrons. The van der Waals surface area contributed by atoms with E-state index in [1.807, 2.05) is 24.3 Å². The Morgan fingerprint density at radius 3 is 2.47 bits per heavy atom. The number of para-hydroxylation sites is 1. The molecule has 0 aliphatic heterocycles. The van der Waals surface area contributed by atoms with Gasteiger partial charge in [-0.3, -0.25) is 0 Å². The van der Waals surface area contributed by atoms with Crippen molar-refractivity contribution in [2.45, 2.75) is 26.3 Å². The zero-order valence-corrected chi connectivity index (χ0v) is 10.4. The molecule has 0 amide bonds. The van der Waals surface area contributed by atoms with Crippen LogP contribution in [-0.4, -0.2) is 7.11 Å². The van der Waals surface area contributed by atoms with Gasteiger partial charge in [0.1, 0.15) is 5.75 Å². The van der Waals surface area contributed by atoms with Gasteiger partial charge < -0.3 is 10.5 Å². The minimum Gasteiger partial charge on any atom is -0.496 e. The van der Waals surface area contributed by atoms with Gasteiger partial charge in [0, 0.05) is 11.6 Å². The Hall–Kier alpha value is -0.730. The molecular weight excluding hydrogens is 210 g/mol. The van der Waals surface area contributed by atoms with Gasteiger partial charge in [0.25, 0.3) is 0 Å². The van der Waals surface area contributed by atoms with E-state index in [1.165, 1.54) is 0 Å². The fourth-order valence-corrected chi connectivity index (χ4v) is 1.50. The number of rotatable bonds is 4. The predicted molar refractivity (Wildman–Crippen MR) is 66.6 cm³/mol. The van der Waals surface area contributed by atoms with E-state index in [1.54, 1.807) is 7.11 Å². The molecule has 2 nitrogen and oxygen atoms in total. The Labute approximate surface area is 98.2 Å². The summed E-state index contributed by atoms with van der Waals surface area (Å²) in [5.74, 6) is 1.37. The lowest BCUT2D eigenvalue weighted by Crippen LogP contribution is -2.19. The number of hydrogen-bond acceptors (Lipinski definition) is 2. The molecule has 2 atom stereocenters. The van der Waals surface area contributed by atoms with Crippen molar-refractivity contribution >= 4 is 12.4 Å². The van der Waals surface area contributed by atoms with E-state index in [2.05, 4.69) is 13.8 Å². The van der Waals surface area contributed by atoms with Crippen LogP contribution < -0.4 is 10.5 Å². The summed E-state index contributed by atoms with van der Waals surface area (Å²) in [7, 11) is 1.68. The van der Waals surface area contributed by atoms with Crippen molar-refractivity contribution in [3.63, 3.8) is 0 Å². The summed E-state index contributed by atoms with van der Waals surface area (Å²) in [5.41, 5.74) is 7.25. The van der Waals surface area contributed by atoms with Crippen LogP contribution in [0.4, 0.5) is 0 Å². The summed E-state index contributed by atoms with van der Waals surface area (Å²) in [6.07, 6.45) is 1.08. The first-order valence-electron chi connectivity index (χ1n) is 5.09. The number of hydrogen-bond donors (Lipinski definition) is 1. The largest absolute Gasteiger partial charge is 0.496 e. The van der Waals surface area contributed by atoms with Crippen molar-refractivity contribution in [2.75, 3.05) is 7.11 Å². The molecule has 0 spiro atoms. The van der Waals surface area contributed by atoms with E-state index in [0.717, 1.165) is 17.7 Å². The van der Waals surface area contributed by atoms with Gasteiger partial charge in [0.05, 0.1) is 7.11 Å². The van der Waals surface area contributed by atoms with E-state index >= 15 is 0 Å². The molecule has 0 aliphatic carbocycles. The second kappa shape index (κ2) is 6.70. The SMILES string of the molecule is CCC(C)[C@@H](N)c1ccccc1OC.Cl. The maximum Gasteiger partial charge on any atom is 0.123 e. The molecule has 1 unspecified atom stereocenters. The summed E-state index contributed by atoms with van der Waals surface area (Å²) in [4.78, 5) is 0. The van der Waals surface area contributed by atoms with E-state index in [0.29, 0.717) is 5.92 Å². The van der Waals surface area contributed by atoms with Crippen LogP contribution in [0.1, 0.15) is 31.9 Å². The average molecular weight is 230 g/mol. The molecule has 0 heterocycles. The second-order valence-corrected chi connectivity index (χ2v) is 3.65. The molecule has 15 heavy (non-hydrogen) atoms. The van der Waals surface area contributed by atoms with E-state index in [4.69, 9.17) is 10.5 Å². The number of methoxy groups -OCH3 is 1. The van der Waals surface area contributed by atoms with E-state index in [9.17, 15) is 0 Å². The maximum atomic E-state index is 6.15. The van der Waals surface area contributed by atoms with Crippen LogP contribution in [0.5, 0.6) is 5.75 Å². The maximum absolute atomic E-state index is 6.15. The van der Waals surface area contributed by atoms with Gasteiger partial charge in [-0.25, -0.2) is 0 Å². The van der Waals surface area contributed by atoms with Crippen molar-refractivity contribution in [1.82, 2.24) is 0 Å². The number of nitrogens with two attached hydrogens (primary N) is 1. The summed E-state index contributed by atoms with van der Waals surface area (Å²) in [5, 5.41) is 0. The van der Waals surface area contributed by atoms with Gasteiger partial charge in [0.2, 0.25) is 0 Å². The molecule has 0 bridgehead atoms. The van der Waals surface area contributed by atoms with Gasteiger partial charge in [-0.2, -0.15) is 0 Å². The van der Waals surface area contributed by atoms with Crippen LogP contribution in [-0.2, 0) is 0 Å². The van der Waals surface area contributed by atoms with E-state index in [-0.39, 0.29) is 18.4 Å². The Bertz CT molecular complexity index is 291. The van der Waals surface area contributed by atoms with Gasteiger partial charge >= 0.3 is 0 Å². The molecule has 1 rings (SSSR count). The molecule has 2 N–H and O–H groups in total. The Morgan fingerprint density at radius 1 is 1.33 bits per heavy atom. The highest BCUT2D eigenvalue weighted by molar-refractivity contribution is 5.85. The molecular formula is C12H20ClNO. The molecule has 0 saturated heterocycles. The van der Waals surface area contributed by atoms with Crippen molar-refractivity contribution in [1.29, 1.82) is 0 Å². The zero-order valence-electron chi connectivity index (χ0n) is 9.57. The first kappa shape index (κ1) is 14.3. The summed E-state index contributed by atoms with van der Waals surface area (Å²) < 4.78 is 5.28. The topological polar surface area (TPSA) is 35.2 Å². The predicted octanol–water partition coefficient (Wildman–Crippen LogP) is 3.16. The zero-order chi connectivity index (χ0) is 10.6. The first-order valence-corrected chi connectivity index (χ1v) is 5.09. The summed E-state index contributed by atoms with van der Waals surface area (Å²) in [6.45, 7) is 4.32. The van der Waals surface area contributed by atoms with Crippen LogP contribution in [0.2, 0.25) is 0 Å². The molecule has 0 aromatic heterocycles. The van der Waals surface area contributed by atoms with Crippen LogP contribution in [0.25, 0.3) is 0 Å². The fraction of sp³-hybridized carbons (Fsp3) is 0.500. The molecule has 0 saturated carbocycles. The van der Waals surface area contributed by atoms with Crippen LogP contribution in [0, 0.1) is 5.92 Å². The highest BCUT2D eigenvalue weighted by atomic mass is 35.5. The standard InChI is InChI=1S/C12H19NO.ClH/c1-4-9(2)12(13)10-7-5-6-8-11(10)14-3;/h5-9,12H,4,13H2,1-3H3;1H/t9?,12-;/m1./s1. The van der Waals surface area contributed by atoms with E-state index < -0.39 is 0 Å². The highest BCUT2D eigenvalue weighted by Crippen LogP contribution is 2.29. The third-order valence-electron chi connectivity index (χ3n) is 2.76. The number of benzene rings is 1. The Morgan fingerprint density at radius 2 is 1.93 bits per heavy atom. The molecule has 0 aliphatic rings. The smallest absolute Gasteiger partial charge is 0.123 e. The third kappa shape index (κ3) is 3.40. The Kier molecular flexibility index (Phi) is 6.37. The molecule has 1 aromatic rings. The molecule has 3 heteroatoms. The van der Waals surface area contributed by atoms with Gasteiger partial charge in [-0.05, 0) is 12.0 Å². The van der Waals surface area contributed by atoms with Crippen LogP contribution in [0.3, 0.4) is 0 Å². The lowest BCUT2D eigenvalue weighted by Gasteiger charge is -2.20. The summed E-state index contributed by atoms with van der Waals surface area (Å²) >= 11 is 0. The normalized spacial score (nSPS) is 13.9. The van der Waals surface area contributed by atoms with Gasteiger partial charge in [-0.1, -0.05) is 38.5 Å². The third-order valence-corrected chi connectivity index (χ3v) is 2.76. The van der Waals surface area contributed by atoms with Crippen molar-refractivity contribution in [3.05, 3.63) is 29.8 Å². The second-order valence-electron chi connectivity index (χ2n) is 3.65. The van der Waals surface area contributed by atoms with Gasteiger partial charge in [-0.15, -0.1) is 12.4 Å². The quantitative estimate of drug-likeness (QED) is 0.861. The highest BCUT2D eigenvalue weighted by Gasteiger charge is 2.16. The van der Waals surface area contributed by atoms with Gasteiger partial charge in [0.15, 0.2) is 0 Å². The molecule has 1 aromatic carbocycles.